The zero-order valence-corrected chi connectivity index (χ0v) is 21.2. The van der Waals surface area contributed by atoms with Crippen LogP contribution in [0.5, 0.6) is 11.5 Å². The topological polar surface area (TPSA) is 105 Å². The summed E-state index contributed by atoms with van der Waals surface area (Å²) in [5.74, 6) is 0.745. The van der Waals surface area contributed by atoms with E-state index in [1.165, 1.54) is 6.20 Å². The second-order valence-corrected chi connectivity index (χ2v) is 8.76. The third-order valence-corrected chi connectivity index (χ3v) is 6.31. The van der Waals surface area contributed by atoms with Gasteiger partial charge in [-0.3, -0.25) is 9.78 Å². The molecular formula is C27H22ClN5O3S. The Kier molecular flexibility index (Phi) is 7.97. The minimum Gasteiger partial charge on any atom is -0.457 e. The van der Waals surface area contributed by atoms with Crippen molar-refractivity contribution >= 4 is 57.3 Å². The highest BCUT2D eigenvalue weighted by Gasteiger charge is 2.09. The molecular weight excluding hydrogens is 510 g/mol. The summed E-state index contributed by atoms with van der Waals surface area (Å²) in [7, 11) is 1.54. The van der Waals surface area contributed by atoms with E-state index in [4.69, 9.17) is 4.74 Å². The van der Waals surface area contributed by atoms with Gasteiger partial charge in [0, 0.05) is 36.2 Å². The molecule has 3 aromatic carbocycles. The first-order valence-corrected chi connectivity index (χ1v) is 11.9. The van der Waals surface area contributed by atoms with Crippen LogP contribution < -0.4 is 20.7 Å². The Morgan fingerprint density at radius 1 is 0.838 bits per heavy atom. The summed E-state index contributed by atoms with van der Waals surface area (Å²) < 4.78 is 6.92. The molecule has 0 aliphatic carbocycles. The molecule has 5 aromatic rings. The Hall–Kier alpha value is -4.47. The van der Waals surface area contributed by atoms with E-state index in [1.54, 1.807) is 54.8 Å². The van der Waals surface area contributed by atoms with Gasteiger partial charge in [0.1, 0.15) is 22.2 Å². The predicted octanol–water partition coefficient (Wildman–Crippen LogP) is 6.58. The van der Waals surface area contributed by atoms with Crippen LogP contribution in [-0.4, -0.2) is 29.0 Å². The lowest BCUT2D eigenvalue weighted by molar-refractivity contribution is 0.0958. The van der Waals surface area contributed by atoms with Gasteiger partial charge in [-0.2, -0.15) is 0 Å². The molecule has 0 saturated carbocycles. The highest BCUT2D eigenvalue weighted by molar-refractivity contribution is 7.21. The number of pyridine rings is 1. The van der Waals surface area contributed by atoms with E-state index in [1.807, 2.05) is 42.5 Å². The molecule has 5 rings (SSSR count). The second kappa shape index (κ2) is 11.5. The molecule has 186 valence electrons. The number of halogens is 1. The molecule has 0 spiro atoms. The molecule has 10 heteroatoms. The number of ether oxygens (including phenoxy) is 1. The van der Waals surface area contributed by atoms with Crippen LogP contribution in [0.1, 0.15) is 10.5 Å². The Balaban J connectivity index is 0.00000320. The largest absolute Gasteiger partial charge is 0.457 e. The van der Waals surface area contributed by atoms with Gasteiger partial charge in [0.05, 0.1) is 10.2 Å². The van der Waals surface area contributed by atoms with Gasteiger partial charge < -0.3 is 20.7 Å². The number of thiazole rings is 1. The van der Waals surface area contributed by atoms with E-state index in [-0.39, 0.29) is 30.0 Å². The predicted molar refractivity (Wildman–Crippen MR) is 149 cm³/mol. The van der Waals surface area contributed by atoms with E-state index < -0.39 is 0 Å². The van der Waals surface area contributed by atoms with Crippen molar-refractivity contribution in [3.05, 3.63) is 96.8 Å². The lowest BCUT2D eigenvalue weighted by Gasteiger charge is -2.10. The van der Waals surface area contributed by atoms with Gasteiger partial charge >= 0.3 is 6.03 Å². The summed E-state index contributed by atoms with van der Waals surface area (Å²) in [5, 5.41) is 9.09. The van der Waals surface area contributed by atoms with Crippen molar-refractivity contribution in [3.8, 4) is 22.1 Å². The fourth-order valence-corrected chi connectivity index (χ4v) is 4.43. The quantitative estimate of drug-likeness (QED) is 0.229. The SMILES string of the molecule is CNC(=O)c1cc(Oc2ccc(NC(=O)Nc3ccc(-c4nc5ccccc5s4)cc3)cc2)ccn1.Cl. The van der Waals surface area contributed by atoms with Gasteiger partial charge in [-0.05, 0) is 66.7 Å². The fraction of sp³-hybridized carbons (Fsp3) is 0.0370. The number of urea groups is 1. The van der Waals surface area contributed by atoms with E-state index in [2.05, 4.69) is 32.0 Å². The maximum absolute atomic E-state index is 12.5. The summed E-state index contributed by atoms with van der Waals surface area (Å²) >= 11 is 1.63. The third-order valence-electron chi connectivity index (χ3n) is 5.22. The molecule has 3 N–H and O–H groups in total. The van der Waals surface area contributed by atoms with Gasteiger partial charge in [-0.25, -0.2) is 9.78 Å². The molecule has 3 amide bonds. The standard InChI is InChI=1S/C27H21N5O3S.ClH/c1-28-25(33)23-16-21(14-15-29-23)35-20-12-10-19(11-13-20)31-27(34)30-18-8-6-17(7-9-18)26-32-22-4-2-3-5-24(22)36-26;/h2-16H,1H3,(H,28,33)(H2,30,31,34);1H. The van der Waals surface area contributed by atoms with Crippen molar-refractivity contribution in [2.24, 2.45) is 0 Å². The Labute approximate surface area is 223 Å². The zero-order chi connectivity index (χ0) is 24.9. The first kappa shape index (κ1) is 25.6. The molecule has 2 aromatic heterocycles. The lowest BCUT2D eigenvalue weighted by atomic mass is 10.2. The van der Waals surface area contributed by atoms with Gasteiger partial charge in [-0.1, -0.05) is 12.1 Å². The number of amides is 3. The maximum atomic E-state index is 12.5. The number of aromatic nitrogens is 2. The van der Waals surface area contributed by atoms with Gasteiger partial charge in [-0.15, -0.1) is 23.7 Å². The van der Waals surface area contributed by atoms with Crippen LogP contribution in [0.15, 0.2) is 91.1 Å². The number of hydrogen-bond donors (Lipinski definition) is 3. The molecule has 2 heterocycles. The summed E-state index contributed by atoms with van der Waals surface area (Å²) in [5.41, 5.74) is 3.51. The maximum Gasteiger partial charge on any atom is 0.323 e. The van der Waals surface area contributed by atoms with Crippen molar-refractivity contribution in [2.45, 2.75) is 0 Å². The van der Waals surface area contributed by atoms with Crippen LogP contribution in [0.3, 0.4) is 0 Å². The summed E-state index contributed by atoms with van der Waals surface area (Å²) in [4.78, 5) is 32.9. The molecule has 0 fully saturated rings. The average molecular weight is 532 g/mol. The van der Waals surface area contributed by atoms with Crippen molar-refractivity contribution < 1.29 is 14.3 Å². The fourth-order valence-electron chi connectivity index (χ4n) is 3.45. The summed E-state index contributed by atoms with van der Waals surface area (Å²) in [6, 6.07) is 25.4. The van der Waals surface area contributed by atoms with Crippen molar-refractivity contribution in [3.63, 3.8) is 0 Å². The molecule has 0 saturated heterocycles. The first-order chi connectivity index (χ1) is 17.6. The molecule has 0 atom stereocenters. The number of nitrogens with zero attached hydrogens (tertiary/aromatic N) is 2. The number of anilines is 2. The Morgan fingerprint density at radius 3 is 2.19 bits per heavy atom. The number of benzene rings is 3. The van der Waals surface area contributed by atoms with E-state index in [0.717, 1.165) is 20.8 Å². The second-order valence-electron chi connectivity index (χ2n) is 7.73. The number of fused-ring (bicyclic) bond motifs is 1. The number of nitrogens with one attached hydrogen (secondary N) is 3. The molecule has 0 bridgehead atoms. The first-order valence-electron chi connectivity index (χ1n) is 11.1. The van der Waals surface area contributed by atoms with Crippen LogP contribution in [0, 0.1) is 0 Å². The van der Waals surface area contributed by atoms with Gasteiger partial charge in [0.15, 0.2) is 0 Å². The van der Waals surface area contributed by atoms with Crippen LogP contribution >= 0.6 is 23.7 Å². The molecule has 0 aliphatic heterocycles. The number of rotatable bonds is 6. The third kappa shape index (κ3) is 6.21. The summed E-state index contributed by atoms with van der Waals surface area (Å²) in [6.07, 6.45) is 1.51. The number of carbonyl (C=O) groups is 2. The van der Waals surface area contributed by atoms with E-state index in [9.17, 15) is 9.59 Å². The minimum atomic E-state index is -0.360. The average Bonchev–Trinajstić information content (AvgIpc) is 3.34. The van der Waals surface area contributed by atoms with E-state index in [0.29, 0.717) is 22.9 Å². The Morgan fingerprint density at radius 2 is 1.51 bits per heavy atom. The molecule has 37 heavy (non-hydrogen) atoms. The number of para-hydroxylation sites is 1. The molecule has 0 radical (unpaired) electrons. The number of carbonyl (C=O) groups excluding carboxylic acids is 2. The lowest BCUT2D eigenvalue weighted by Crippen LogP contribution is -2.19. The highest BCUT2D eigenvalue weighted by Crippen LogP contribution is 2.30. The van der Waals surface area contributed by atoms with Crippen molar-refractivity contribution in [1.29, 1.82) is 0 Å². The summed E-state index contributed by atoms with van der Waals surface area (Å²) in [6.45, 7) is 0. The van der Waals surface area contributed by atoms with Crippen molar-refractivity contribution in [1.82, 2.24) is 15.3 Å². The Bertz CT molecular complexity index is 1510. The number of hydrogen-bond acceptors (Lipinski definition) is 6. The monoisotopic (exact) mass is 531 g/mol. The van der Waals surface area contributed by atoms with Crippen LogP contribution in [-0.2, 0) is 0 Å². The molecule has 8 nitrogen and oxygen atoms in total. The molecule has 0 aliphatic rings. The minimum absolute atomic E-state index is 0. The van der Waals surface area contributed by atoms with Gasteiger partial charge in [0.25, 0.3) is 5.91 Å². The molecule has 0 unspecified atom stereocenters. The van der Waals surface area contributed by atoms with Crippen LogP contribution in [0.2, 0.25) is 0 Å². The smallest absolute Gasteiger partial charge is 0.323 e. The van der Waals surface area contributed by atoms with E-state index >= 15 is 0 Å². The van der Waals surface area contributed by atoms with Crippen LogP contribution in [0.4, 0.5) is 16.2 Å². The normalized spacial score (nSPS) is 10.3. The van der Waals surface area contributed by atoms with Gasteiger partial charge in [0.2, 0.25) is 0 Å². The van der Waals surface area contributed by atoms with Crippen LogP contribution in [0.25, 0.3) is 20.8 Å². The van der Waals surface area contributed by atoms with Crippen molar-refractivity contribution in [2.75, 3.05) is 17.7 Å². The highest BCUT2D eigenvalue weighted by atomic mass is 35.5. The zero-order valence-electron chi connectivity index (χ0n) is 19.6.